The molecule has 0 saturated carbocycles. The molecule has 3 rings (SSSR count). The van der Waals surface area contributed by atoms with Gasteiger partial charge in [0.2, 0.25) is 0 Å². The zero-order valence-electron chi connectivity index (χ0n) is 18.6. The number of rotatable bonds is 12. The maximum Gasteiger partial charge on any atom is 0.317 e. The van der Waals surface area contributed by atoms with E-state index in [1.807, 2.05) is 0 Å². The predicted molar refractivity (Wildman–Crippen MR) is 122 cm³/mol. The molecule has 180 valence electrons. The van der Waals surface area contributed by atoms with Crippen molar-refractivity contribution in [3.05, 3.63) is 95.3 Å². The van der Waals surface area contributed by atoms with Crippen LogP contribution in [0.15, 0.2) is 72.8 Å². The fraction of sp³-hybridized carbons (Fsp3) is 0.269. The lowest BCUT2D eigenvalue weighted by molar-refractivity contribution is -0.135. The summed E-state index contributed by atoms with van der Waals surface area (Å²) in [4.78, 5) is 10.6. The molecule has 1 atom stereocenters. The average Bonchev–Trinajstić information content (AvgIpc) is 2.84. The molecule has 0 amide bonds. The van der Waals surface area contributed by atoms with Crippen molar-refractivity contribution < 1.29 is 32.5 Å². The summed E-state index contributed by atoms with van der Waals surface area (Å²) in [6, 6.07) is 17.2. The van der Waals surface area contributed by atoms with Crippen molar-refractivity contribution in [3.8, 4) is 11.5 Å². The Bertz CT molecular complexity index is 1070. The molecule has 0 aliphatic rings. The van der Waals surface area contributed by atoms with E-state index in [0.29, 0.717) is 30.9 Å². The topological polar surface area (TPSA) is 67.8 Å². The number of hydrogen-bond donors (Lipinski definition) is 2. The number of alkyl halides is 2. The minimum absolute atomic E-state index is 0.148. The first kappa shape index (κ1) is 25.1. The van der Waals surface area contributed by atoms with Gasteiger partial charge in [0.05, 0.1) is 13.7 Å². The van der Waals surface area contributed by atoms with Crippen molar-refractivity contribution >= 4 is 5.97 Å². The Labute approximate surface area is 196 Å². The van der Waals surface area contributed by atoms with Gasteiger partial charge in [0, 0.05) is 11.1 Å². The third-order valence-electron chi connectivity index (χ3n) is 5.27. The predicted octanol–water partition coefficient (Wildman–Crippen LogP) is 5.55. The van der Waals surface area contributed by atoms with Crippen LogP contribution in [0.1, 0.15) is 35.6 Å². The van der Waals surface area contributed by atoms with E-state index < -0.39 is 18.0 Å². The highest BCUT2D eigenvalue weighted by atomic mass is 19.3. The molecule has 8 heteroatoms. The molecule has 5 nitrogen and oxygen atoms in total. The number of hydrogen-bond acceptors (Lipinski definition) is 4. The molecule has 0 fully saturated rings. The maximum atomic E-state index is 15.0. The third-order valence-corrected chi connectivity index (χ3v) is 5.27. The summed E-state index contributed by atoms with van der Waals surface area (Å²) in [7, 11) is 1.42. The lowest BCUT2D eigenvalue weighted by Gasteiger charge is -2.21. The van der Waals surface area contributed by atoms with Gasteiger partial charge in [-0.25, -0.2) is 4.39 Å². The standard InChI is InChI=1S/C26H26F3NO4/c1-33-23-5-2-4-20(16-23)26(28,29)19-9-13-22(14-10-19)34-24(6-3-15-30-17-25(31)32)18-7-11-21(27)12-8-18/h2,4-5,7-14,16,24,30H,3,6,15,17H2,1H3,(H,31,32). The Hall–Kier alpha value is -3.52. The number of methoxy groups -OCH3 is 1. The SMILES string of the molecule is COc1cccc(C(F)(F)c2ccc(OC(CCCNCC(=O)O)c3ccc(F)cc3)cc2)c1. The van der Waals surface area contributed by atoms with Crippen LogP contribution < -0.4 is 14.8 Å². The van der Waals surface area contributed by atoms with Crippen LogP contribution in [-0.2, 0) is 10.7 Å². The number of halogens is 3. The normalized spacial score (nSPS) is 12.2. The molecular formula is C26H26F3NO4. The van der Waals surface area contributed by atoms with Crippen LogP contribution in [0, 0.1) is 5.82 Å². The molecule has 0 aliphatic heterocycles. The molecule has 0 aromatic heterocycles. The number of aliphatic carboxylic acids is 1. The Balaban J connectivity index is 1.73. The van der Waals surface area contributed by atoms with Gasteiger partial charge in [-0.15, -0.1) is 0 Å². The van der Waals surface area contributed by atoms with Crippen LogP contribution in [-0.4, -0.2) is 31.3 Å². The number of benzene rings is 3. The van der Waals surface area contributed by atoms with Crippen molar-refractivity contribution in [2.75, 3.05) is 20.2 Å². The van der Waals surface area contributed by atoms with E-state index in [4.69, 9.17) is 14.6 Å². The van der Waals surface area contributed by atoms with Crippen LogP contribution in [0.3, 0.4) is 0 Å². The summed E-state index contributed by atoms with van der Waals surface area (Å²) < 4.78 is 54.5. The van der Waals surface area contributed by atoms with Gasteiger partial charge in [0.25, 0.3) is 5.92 Å². The second-order valence-electron chi connectivity index (χ2n) is 7.70. The van der Waals surface area contributed by atoms with Gasteiger partial charge in [-0.1, -0.05) is 24.3 Å². The van der Waals surface area contributed by atoms with Crippen molar-refractivity contribution in [1.29, 1.82) is 0 Å². The van der Waals surface area contributed by atoms with Gasteiger partial charge < -0.3 is 19.9 Å². The van der Waals surface area contributed by atoms with E-state index in [-0.39, 0.29) is 23.5 Å². The molecule has 1 unspecified atom stereocenters. The van der Waals surface area contributed by atoms with E-state index in [0.717, 1.165) is 5.56 Å². The summed E-state index contributed by atoms with van der Waals surface area (Å²) in [5, 5.41) is 11.5. The van der Waals surface area contributed by atoms with E-state index in [1.54, 1.807) is 18.2 Å². The van der Waals surface area contributed by atoms with Gasteiger partial charge in [0.1, 0.15) is 23.4 Å². The Morgan fingerprint density at radius 1 is 1.00 bits per heavy atom. The average molecular weight is 473 g/mol. The number of carbonyl (C=O) groups is 1. The first-order valence-electron chi connectivity index (χ1n) is 10.8. The molecule has 2 N–H and O–H groups in total. The summed E-state index contributed by atoms with van der Waals surface area (Å²) in [6.07, 6.45) is 0.651. The first-order valence-corrected chi connectivity index (χ1v) is 10.8. The number of carboxylic acids is 1. The lowest BCUT2D eigenvalue weighted by Crippen LogP contribution is -2.24. The highest BCUT2D eigenvalue weighted by Crippen LogP contribution is 2.38. The zero-order valence-corrected chi connectivity index (χ0v) is 18.6. The second kappa shape index (κ2) is 11.6. The van der Waals surface area contributed by atoms with Crippen LogP contribution >= 0.6 is 0 Å². The van der Waals surface area contributed by atoms with Crippen LogP contribution in [0.25, 0.3) is 0 Å². The second-order valence-corrected chi connectivity index (χ2v) is 7.70. The minimum atomic E-state index is -3.22. The van der Waals surface area contributed by atoms with Gasteiger partial charge in [-0.2, -0.15) is 8.78 Å². The highest BCUT2D eigenvalue weighted by Gasteiger charge is 2.34. The summed E-state index contributed by atoms with van der Waals surface area (Å²) in [5.41, 5.74) is 0.355. The molecular weight excluding hydrogens is 447 g/mol. The smallest absolute Gasteiger partial charge is 0.317 e. The minimum Gasteiger partial charge on any atom is -0.497 e. The molecule has 0 bridgehead atoms. The van der Waals surface area contributed by atoms with Gasteiger partial charge in [-0.05, 0) is 73.5 Å². The number of nitrogens with one attached hydrogen (secondary N) is 1. The number of carboxylic acid groups (broad SMARTS) is 1. The van der Waals surface area contributed by atoms with E-state index >= 15 is 8.78 Å². The lowest BCUT2D eigenvalue weighted by atomic mass is 10.00. The maximum absolute atomic E-state index is 15.0. The van der Waals surface area contributed by atoms with E-state index in [2.05, 4.69) is 5.32 Å². The highest BCUT2D eigenvalue weighted by molar-refractivity contribution is 5.68. The van der Waals surface area contributed by atoms with Crippen molar-refractivity contribution in [3.63, 3.8) is 0 Å². The number of ether oxygens (including phenoxy) is 2. The Kier molecular flexibility index (Phi) is 8.54. The molecule has 3 aromatic carbocycles. The zero-order chi connectivity index (χ0) is 24.6. The summed E-state index contributed by atoms with van der Waals surface area (Å²) >= 11 is 0. The largest absolute Gasteiger partial charge is 0.497 e. The fourth-order valence-electron chi connectivity index (χ4n) is 3.47. The third kappa shape index (κ3) is 6.74. The van der Waals surface area contributed by atoms with Crippen LogP contribution in [0.4, 0.5) is 13.2 Å². The summed E-state index contributed by atoms with van der Waals surface area (Å²) in [5.74, 6) is -3.82. The quantitative estimate of drug-likeness (QED) is 0.338. The first-order chi connectivity index (χ1) is 16.3. The Morgan fingerprint density at radius 2 is 1.71 bits per heavy atom. The molecule has 0 aliphatic carbocycles. The van der Waals surface area contributed by atoms with Crippen molar-refractivity contribution in [2.45, 2.75) is 24.9 Å². The summed E-state index contributed by atoms with van der Waals surface area (Å²) in [6.45, 7) is 0.310. The van der Waals surface area contributed by atoms with Crippen LogP contribution in [0.2, 0.25) is 0 Å². The fourth-order valence-corrected chi connectivity index (χ4v) is 3.47. The molecule has 34 heavy (non-hydrogen) atoms. The van der Waals surface area contributed by atoms with Gasteiger partial charge in [0.15, 0.2) is 0 Å². The molecule has 3 aromatic rings. The molecule has 0 radical (unpaired) electrons. The van der Waals surface area contributed by atoms with Crippen molar-refractivity contribution in [1.82, 2.24) is 5.32 Å². The van der Waals surface area contributed by atoms with Gasteiger partial charge >= 0.3 is 5.97 Å². The van der Waals surface area contributed by atoms with Crippen molar-refractivity contribution in [2.24, 2.45) is 0 Å². The van der Waals surface area contributed by atoms with Gasteiger partial charge in [-0.3, -0.25) is 4.79 Å². The molecule has 0 heterocycles. The monoisotopic (exact) mass is 473 g/mol. The molecule has 0 spiro atoms. The van der Waals surface area contributed by atoms with E-state index in [1.165, 1.54) is 61.7 Å². The van der Waals surface area contributed by atoms with Crippen LogP contribution in [0.5, 0.6) is 11.5 Å². The Morgan fingerprint density at radius 3 is 2.35 bits per heavy atom. The molecule has 0 saturated heterocycles. The van der Waals surface area contributed by atoms with E-state index in [9.17, 15) is 9.18 Å².